The fourth-order valence-electron chi connectivity index (χ4n) is 1.17. The molecular weight excluding hydrogens is 180 g/mol. The van der Waals surface area contributed by atoms with E-state index in [0.717, 1.165) is 11.3 Å². The minimum atomic E-state index is -1.03. The summed E-state index contributed by atoms with van der Waals surface area (Å²) in [7, 11) is 1.54. The molecule has 0 aromatic carbocycles. The Kier molecular flexibility index (Phi) is 3.08. The van der Waals surface area contributed by atoms with Crippen LogP contribution in [0.25, 0.3) is 0 Å². The van der Waals surface area contributed by atoms with Gasteiger partial charge in [-0.3, -0.25) is 0 Å². The van der Waals surface area contributed by atoms with E-state index in [1.165, 1.54) is 0 Å². The second-order valence-corrected chi connectivity index (χ2v) is 3.52. The van der Waals surface area contributed by atoms with Crippen LogP contribution in [0.3, 0.4) is 0 Å². The molecular formula is C10H16N2O2. The molecule has 0 aliphatic heterocycles. The van der Waals surface area contributed by atoms with E-state index in [9.17, 15) is 5.11 Å². The maximum atomic E-state index is 9.93. The van der Waals surface area contributed by atoms with Gasteiger partial charge in [-0.2, -0.15) is 0 Å². The summed E-state index contributed by atoms with van der Waals surface area (Å²) in [5, 5.41) is 9.93. The van der Waals surface area contributed by atoms with Crippen LogP contribution in [-0.2, 0) is 5.60 Å². The number of hydrogen-bond acceptors (Lipinski definition) is 4. The molecule has 4 nitrogen and oxygen atoms in total. The average Bonchev–Trinajstić information content (AvgIpc) is 2.16. The molecule has 1 atom stereocenters. The standard InChI is InChI=1S/C10H16N2O2/c1-7-4-8(10(2,13)6-11)5-9(12-7)14-3/h4-5,13H,6,11H2,1-3H3. The molecule has 0 fully saturated rings. The maximum Gasteiger partial charge on any atom is 0.213 e. The van der Waals surface area contributed by atoms with Crippen LogP contribution in [0.15, 0.2) is 12.1 Å². The highest BCUT2D eigenvalue weighted by Crippen LogP contribution is 2.23. The monoisotopic (exact) mass is 196 g/mol. The van der Waals surface area contributed by atoms with E-state index in [2.05, 4.69) is 4.98 Å². The first-order valence-corrected chi connectivity index (χ1v) is 4.45. The second kappa shape index (κ2) is 3.94. The molecule has 4 heteroatoms. The normalized spacial score (nSPS) is 14.9. The van der Waals surface area contributed by atoms with Crippen LogP contribution >= 0.6 is 0 Å². The smallest absolute Gasteiger partial charge is 0.213 e. The lowest BCUT2D eigenvalue weighted by Crippen LogP contribution is -2.31. The van der Waals surface area contributed by atoms with E-state index in [-0.39, 0.29) is 6.54 Å². The van der Waals surface area contributed by atoms with Gasteiger partial charge in [0.25, 0.3) is 0 Å². The van der Waals surface area contributed by atoms with Crippen molar-refractivity contribution in [1.82, 2.24) is 4.98 Å². The molecule has 14 heavy (non-hydrogen) atoms. The summed E-state index contributed by atoms with van der Waals surface area (Å²) in [5.41, 5.74) is 5.97. The van der Waals surface area contributed by atoms with E-state index >= 15 is 0 Å². The van der Waals surface area contributed by atoms with Gasteiger partial charge >= 0.3 is 0 Å². The largest absolute Gasteiger partial charge is 0.481 e. The Labute approximate surface area is 83.7 Å². The number of nitrogens with zero attached hydrogens (tertiary/aromatic N) is 1. The molecule has 0 amide bonds. The first-order valence-electron chi connectivity index (χ1n) is 4.45. The summed E-state index contributed by atoms with van der Waals surface area (Å²) < 4.78 is 5.01. The van der Waals surface area contributed by atoms with Crippen molar-refractivity contribution < 1.29 is 9.84 Å². The van der Waals surface area contributed by atoms with E-state index in [1.54, 1.807) is 26.2 Å². The van der Waals surface area contributed by atoms with Gasteiger partial charge in [-0.15, -0.1) is 0 Å². The second-order valence-electron chi connectivity index (χ2n) is 3.52. The number of ether oxygens (including phenoxy) is 1. The van der Waals surface area contributed by atoms with Crippen LogP contribution in [0.5, 0.6) is 5.88 Å². The molecule has 0 bridgehead atoms. The van der Waals surface area contributed by atoms with Gasteiger partial charge in [0.05, 0.1) is 12.7 Å². The number of rotatable bonds is 3. The SMILES string of the molecule is COc1cc(C(C)(O)CN)cc(C)n1. The van der Waals surface area contributed by atoms with Crippen LogP contribution < -0.4 is 10.5 Å². The zero-order valence-electron chi connectivity index (χ0n) is 8.74. The summed E-state index contributed by atoms with van der Waals surface area (Å²) in [5.74, 6) is 0.494. The Morgan fingerprint density at radius 1 is 1.57 bits per heavy atom. The van der Waals surface area contributed by atoms with Crippen molar-refractivity contribution in [2.24, 2.45) is 5.73 Å². The van der Waals surface area contributed by atoms with Crippen LogP contribution in [-0.4, -0.2) is 23.7 Å². The number of nitrogens with two attached hydrogens (primary N) is 1. The highest BCUT2D eigenvalue weighted by Gasteiger charge is 2.22. The molecule has 3 N–H and O–H groups in total. The summed E-state index contributed by atoms with van der Waals surface area (Å²) in [6.45, 7) is 3.68. The van der Waals surface area contributed by atoms with Crippen LogP contribution in [0.4, 0.5) is 0 Å². The van der Waals surface area contributed by atoms with E-state index in [1.807, 2.05) is 6.92 Å². The van der Waals surface area contributed by atoms with Crippen molar-refractivity contribution in [1.29, 1.82) is 0 Å². The van der Waals surface area contributed by atoms with Crippen molar-refractivity contribution >= 4 is 0 Å². The number of aryl methyl sites for hydroxylation is 1. The Hall–Kier alpha value is -1.13. The molecule has 1 aromatic heterocycles. The number of methoxy groups -OCH3 is 1. The van der Waals surface area contributed by atoms with Crippen molar-refractivity contribution in [2.75, 3.05) is 13.7 Å². The Morgan fingerprint density at radius 3 is 2.71 bits per heavy atom. The minimum absolute atomic E-state index is 0.166. The Balaban J connectivity index is 3.15. The molecule has 0 aliphatic carbocycles. The van der Waals surface area contributed by atoms with Crippen molar-refractivity contribution in [3.63, 3.8) is 0 Å². The van der Waals surface area contributed by atoms with Gasteiger partial charge in [-0.05, 0) is 25.5 Å². The van der Waals surface area contributed by atoms with Gasteiger partial charge in [0.15, 0.2) is 0 Å². The summed E-state index contributed by atoms with van der Waals surface area (Å²) in [6, 6.07) is 3.50. The minimum Gasteiger partial charge on any atom is -0.481 e. The molecule has 0 saturated heterocycles. The van der Waals surface area contributed by atoms with Crippen molar-refractivity contribution in [3.8, 4) is 5.88 Å². The van der Waals surface area contributed by atoms with Crippen LogP contribution in [0.1, 0.15) is 18.2 Å². The van der Waals surface area contributed by atoms with Gasteiger partial charge in [-0.1, -0.05) is 0 Å². The van der Waals surface area contributed by atoms with Gasteiger partial charge in [0, 0.05) is 18.3 Å². The van der Waals surface area contributed by atoms with E-state index < -0.39 is 5.60 Å². The molecule has 1 rings (SSSR count). The lowest BCUT2D eigenvalue weighted by Gasteiger charge is -2.22. The molecule has 1 unspecified atom stereocenters. The lowest BCUT2D eigenvalue weighted by atomic mass is 9.96. The van der Waals surface area contributed by atoms with Crippen molar-refractivity contribution in [2.45, 2.75) is 19.4 Å². The first kappa shape index (κ1) is 10.9. The molecule has 1 heterocycles. The third-order valence-electron chi connectivity index (χ3n) is 2.16. The summed E-state index contributed by atoms with van der Waals surface area (Å²) in [6.07, 6.45) is 0. The fraction of sp³-hybridized carbons (Fsp3) is 0.500. The molecule has 0 saturated carbocycles. The number of pyridine rings is 1. The van der Waals surface area contributed by atoms with Gasteiger partial charge in [-0.25, -0.2) is 4.98 Å². The number of aliphatic hydroxyl groups is 1. The zero-order chi connectivity index (χ0) is 10.8. The molecule has 0 spiro atoms. The molecule has 0 radical (unpaired) electrons. The van der Waals surface area contributed by atoms with Gasteiger partial charge in [0.1, 0.15) is 0 Å². The molecule has 0 aliphatic rings. The molecule has 1 aromatic rings. The van der Waals surface area contributed by atoms with E-state index in [4.69, 9.17) is 10.5 Å². The Bertz CT molecular complexity index is 324. The number of aromatic nitrogens is 1. The predicted octanol–water partition coefficient (Wildman–Crippen LogP) is 0.565. The fourth-order valence-corrected chi connectivity index (χ4v) is 1.17. The average molecular weight is 196 g/mol. The van der Waals surface area contributed by atoms with Gasteiger partial charge in [0.2, 0.25) is 5.88 Å². The number of hydrogen-bond donors (Lipinski definition) is 2. The molecule has 78 valence electrons. The first-order chi connectivity index (χ1) is 6.49. The maximum absolute atomic E-state index is 9.93. The topological polar surface area (TPSA) is 68.4 Å². The van der Waals surface area contributed by atoms with Crippen LogP contribution in [0.2, 0.25) is 0 Å². The van der Waals surface area contributed by atoms with Gasteiger partial charge < -0.3 is 15.6 Å². The third kappa shape index (κ3) is 2.21. The highest BCUT2D eigenvalue weighted by atomic mass is 16.5. The predicted molar refractivity (Wildman–Crippen MR) is 54.2 cm³/mol. The summed E-state index contributed by atoms with van der Waals surface area (Å²) >= 11 is 0. The Morgan fingerprint density at radius 2 is 2.21 bits per heavy atom. The quantitative estimate of drug-likeness (QED) is 0.741. The third-order valence-corrected chi connectivity index (χ3v) is 2.16. The summed E-state index contributed by atoms with van der Waals surface area (Å²) in [4.78, 5) is 4.13. The van der Waals surface area contributed by atoms with Crippen LogP contribution in [0, 0.1) is 6.92 Å². The lowest BCUT2D eigenvalue weighted by molar-refractivity contribution is 0.0664. The highest BCUT2D eigenvalue weighted by molar-refractivity contribution is 5.29. The van der Waals surface area contributed by atoms with E-state index in [0.29, 0.717) is 5.88 Å². The van der Waals surface area contributed by atoms with Crippen molar-refractivity contribution in [3.05, 3.63) is 23.4 Å². The zero-order valence-corrected chi connectivity index (χ0v) is 8.74.